The second kappa shape index (κ2) is 9.64. The number of aryl methyl sites for hydroxylation is 1. The van der Waals surface area contributed by atoms with E-state index >= 15 is 0 Å². The van der Waals surface area contributed by atoms with E-state index in [9.17, 15) is 18.0 Å². The molecule has 2 heterocycles. The molecule has 0 bridgehead atoms. The van der Waals surface area contributed by atoms with Crippen LogP contribution in [0.4, 0.5) is 13.2 Å². The molecule has 0 radical (unpaired) electrons. The van der Waals surface area contributed by atoms with Crippen molar-refractivity contribution < 1.29 is 18.0 Å². The zero-order valence-electron chi connectivity index (χ0n) is 17.5. The summed E-state index contributed by atoms with van der Waals surface area (Å²) in [7, 11) is 0. The van der Waals surface area contributed by atoms with E-state index in [1.807, 2.05) is 6.92 Å². The fourth-order valence-corrected chi connectivity index (χ4v) is 3.71. The highest BCUT2D eigenvalue weighted by Gasteiger charge is 2.40. The minimum atomic E-state index is -4.69. The third-order valence-electron chi connectivity index (χ3n) is 5.62. The van der Waals surface area contributed by atoms with Gasteiger partial charge >= 0.3 is 6.18 Å². The summed E-state index contributed by atoms with van der Waals surface area (Å²) in [6.45, 7) is 7.62. The van der Waals surface area contributed by atoms with Crippen LogP contribution in [0.2, 0.25) is 0 Å². The number of hydrogen-bond acceptors (Lipinski definition) is 3. The van der Waals surface area contributed by atoms with Crippen LogP contribution < -0.4 is 5.32 Å². The maximum Gasteiger partial charge on any atom is 0.434 e. The van der Waals surface area contributed by atoms with Gasteiger partial charge in [-0.1, -0.05) is 24.6 Å². The van der Waals surface area contributed by atoms with Crippen molar-refractivity contribution >= 4 is 5.91 Å². The molecule has 2 aromatic rings. The largest absolute Gasteiger partial charge is 0.434 e. The van der Waals surface area contributed by atoms with E-state index in [4.69, 9.17) is 0 Å². The Bertz CT molecular complexity index is 837. The van der Waals surface area contributed by atoms with E-state index in [0.29, 0.717) is 6.54 Å². The van der Waals surface area contributed by atoms with Gasteiger partial charge in [-0.05, 0) is 70.3 Å². The Hall–Kier alpha value is -2.35. The molecule has 8 heteroatoms. The normalized spacial score (nSPS) is 16.0. The number of nitrogens with one attached hydrogen (secondary N) is 1. The van der Waals surface area contributed by atoms with E-state index in [1.54, 1.807) is 24.3 Å². The number of amides is 1. The molecule has 164 valence electrons. The number of halogens is 3. The van der Waals surface area contributed by atoms with Crippen molar-refractivity contribution in [1.29, 1.82) is 0 Å². The Morgan fingerprint density at radius 1 is 1.17 bits per heavy atom. The number of rotatable bonds is 7. The number of aromatic nitrogens is 2. The summed E-state index contributed by atoms with van der Waals surface area (Å²) in [6, 6.07) is 6.53. The zero-order chi connectivity index (χ0) is 21.7. The first kappa shape index (κ1) is 22.3. The third kappa shape index (κ3) is 5.62. The number of carbonyl (C=O) groups is 1. The molecule has 1 fully saturated rings. The summed E-state index contributed by atoms with van der Waals surface area (Å²) in [6.07, 6.45) is 0.352. The van der Waals surface area contributed by atoms with Gasteiger partial charge in [0.1, 0.15) is 0 Å². The minimum Gasteiger partial charge on any atom is -0.352 e. The van der Waals surface area contributed by atoms with Crippen molar-refractivity contribution in [1.82, 2.24) is 20.0 Å². The summed E-state index contributed by atoms with van der Waals surface area (Å²) in [5.41, 5.74) is -0.307. The van der Waals surface area contributed by atoms with E-state index in [0.717, 1.165) is 54.8 Å². The monoisotopic (exact) mass is 422 g/mol. The molecular weight excluding hydrogens is 393 g/mol. The summed E-state index contributed by atoms with van der Waals surface area (Å²) >= 11 is 0. The van der Waals surface area contributed by atoms with Gasteiger partial charge in [-0.3, -0.25) is 4.79 Å². The molecule has 1 amide bonds. The first-order chi connectivity index (χ1) is 14.3. The van der Waals surface area contributed by atoms with E-state index in [-0.39, 0.29) is 5.69 Å². The molecule has 0 unspecified atom stereocenters. The van der Waals surface area contributed by atoms with Crippen LogP contribution in [-0.2, 0) is 6.18 Å². The molecule has 0 saturated carbocycles. The topological polar surface area (TPSA) is 50.2 Å². The van der Waals surface area contributed by atoms with Crippen molar-refractivity contribution in [2.45, 2.75) is 45.7 Å². The predicted octanol–water partition coefficient (Wildman–Crippen LogP) is 4.44. The van der Waals surface area contributed by atoms with Gasteiger partial charge in [-0.25, -0.2) is 4.68 Å². The lowest BCUT2D eigenvalue weighted by Gasteiger charge is -2.30. The smallest absolute Gasteiger partial charge is 0.352 e. The highest BCUT2D eigenvalue weighted by atomic mass is 19.4. The fourth-order valence-electron chi connectivity index (χ4n) is 3.71. The molecule has 1 aromatic carbocycles. The standard InChI is InChI=1S/C22H29F3N4O/c1-16-5-7-18(8-6-16)29-20(22(23,24)25)19(15-27-29)21(30)26-11-3-4-12-28-13-9-17(2)10-14-28/h5-8,15,17H,3-4,9-14H2,1-2H3,(H,26,30). The number of benzene rings is 1. The van der Waals surface area contributed by atoms with Gasteiger partial charge in [0.15, 0.2) is 5.69 Å². The number of nitrogens with zero attached hydrogens (tertiary/aromatic N) is 3. The van der Waals surface area contributed by atoms with Gasteiger partial charge < -0.3 is 10.2 Å². The van der Waals surface area contributed by atoms with Crippen LogP contribution in [0.1, 0.15) is 54.2 Å². The van der Waals surface area contributed by atoms with Crippen LogP contribution in [0.3, 0.4) is 0 Å². The summed E-state index contributed by atoms with van der Waals surface area (Å²) in [4.78, 5) is 14.8. The number of likely N-dealkylation sites (tertiary alicyclic amines) is 1. The maximum atomic E-state index is 13.7. The summed E-state index contributed by atoms with van der Waals surface area (Å²) in [5, 5.41) is 6.46. The average Bonchev–Trinajstić information content (AvgIpc) is 3.15. The Balaban J connectivity index is 1.58. The molecule has 0 atom stereocenters. The predicted molar refractivity (Wildman–Crippen MR) is 110 cm³/mol. The molecule has 5 nitrogen and oxygen atoms in total. The van der Waals surface area contributed by atoms with Crippen LogP contribution >= 0.6 is 0 Å². The van der Waals surface area contributed by atoms with Crippen molar-refractivity contribution in [2.75, 3.05) is 26.2 Å². The van der Waals surface area contributed by atoms with Crippen LogP contribution in [0.5, 0.6) is 0 Å². The van der Waals surface area contributed by atoms with Gasteiger partial charge in [-0.15, -0.1) is 0 Å². The molecule has 1 saturated heterocycles. The first-order valence-electron chi connectivity index (χ1n) is 10.5. The summed E-state index contributed by atoms with van der Waals surface area (Å²) in [5.74, 6) is 0.0386. The average molecular weight is 422 g/mol. The molecule has 30 heavy (non-hydrogen) atoms. The number of alkyl halides is 3. The molecule has 0 spiro atoms. The van der Waals surface area contributed by atoms with Gasteiger partial charge in [-0.2, -0.15) is 18.3 Å². The lowest BCUT2D eigenvalue weighted by Crippen LogP contribution is -2.34. The van der Waals surface area contributed by atoms with Crippen LogP contribution in [-0.4, -0.2) is 46.8 Å². The highest BCUT2D eigenvalue weighted by molar-refractivity contribution is 5.95. The van der Waals surface area contributed by atoms with Crippen LogP contribution in [0.25, 0.3) is 5.69 Å². The molecule has 0 aliphatic carbocycles. The molecule has 3 rings (SSSR count). The fraction of sp³-hybridized carbons (Fsp3) is 0.545. The SMILES string of the molecule is Cc1ccc(-n2ncc(C(=O)NCCCCN3CCC(C)CC3)c2C(F)(F)F)cc1. The Morgan fingerprint density at radius 2 is 1.83 bits per heavy atom. The minimum absolute atomic E-state index is 0.267. The second-order valence-electron chi connectivity index (χ2n) is 8.14. The molecule has 1 aromatic heterocycles. The van der Waals surface area contributed by atoms with Crippen LogP contribution in [0, 0.1) is 12.8 Å². The van der Waals surface area contributed by atoms with Gasteiger partial charge in [0.05, 0.1) is 17.4 Å². The second-order valence-corrected chi connectivity index (χ2v) is 8.14. The van der Waals surface area contributed by atoms with E-state index in [1.165, 1.54) is 12.8 Å². The van der Waals surface area contributed by atoms with Crippen molar-refractivity contribution in [2.24, 2.45) is 5.92 Å². The number of unbranched alkanes of at least 4 members (excludes halogenated alkanes) is 1. The summed E-state index contributed by atoms with van der Waals surface area (Å²) < 4.78 is 41.9. The van der Waals surface area contributed by atoms with Crippen molar-refractivity contribution in [3.63, 3.8) is 0 Å². The number of piperidine rings is 1. The zero-order valence-corrected chi connectivity index (χ0v) is 17.5. The third-order valence-corrected chi connectivity index (χ3v) is 5.62. The highest BCUT2D eigenvalue weighted by Crippen LogP contribution is 2.33. The number of carbonyl (C=O) groups excluding carboxylic acids is 1. The Labute approximate surface area is 175 Å². The Kier molecular flexibility index (Phi) is 7.18. The van der Waals surface area contributed by atoms with E-state index in [2.05, 4.69) is 22.2 Å². The Morgan fingerprint density at radius 3 is 2.47 bits per heavy atom. The molecule has 1 aliphatic heterocycles. The number of hydrogen-bond donors (Lipinski definition) is 1. The van der Waals surface area contributed by atoms with Crippen LogP contribution in [0.15, 0.2) is 30.5 Å². The molecular formula is C22H29F3N4O. The lowest BCUT2D eigenvalue weighted by molar-refractivity contribution is -0.143. The molecule has 1 aliphatic rings. The van der Waals surface area contributed by atoms with Gasteiger partial charge in [0, 0.05) is 6.54 Å². The van der Waals surface area contributed by atoms with Gasteiger partial charge in [0.25, 0.3) is 5.91 Å². The van der Waals surface area contributed by atoms with Crippen molar-refractivity contribution in [3.05, 3.63) is 47.3 Å². The maximum absolute atomic E-state index is 13.7. The first-order valence-corrected chi connectivity index (χ1v) is 10.5. The molecule has 1 N–H and O–H groups in total. The lowest BCUT2D eigenvalue weighted by atomic mass is 9.99. The van der Waals surface area contributed by atoms with Gasteiger partial charge in [0.2, 0.25) is 0 Å². The van der Waals surface area contributed by atoms with E-state index < -0.39 is 23.3 Å². The van der Waals surface area contributed by atoms with Crippen molar-refractivity contribution in [3.8, 4) is 5.69 Å². The quantitative estimate of drug-likeness (QED) is 0.671.